The lowest BCUT2D eigenvalue weighted by Crippen LogP contribution is -1.81. The Hall–Kier alpha value is -0.540. The molecule has 1 radical (unpaired) electrons. The van der Waals surface area contributed by atoms with Crippen LogP contribution in [0, 0.1) is 6.08 Å². The molecule has 0 saturated heterocycles. The van der Waals surface area contributed by atoms with Crippen LogP contribution >= 0.6 is 0 Å². The van der Waals surface area contributed by atoms with Gasteiger partial charge in [-0.3, -0.25) is 0 Å². The van der Waals surface area contributed by atoms with Crippen LogP contribution in [0.15, 0.2) is 6.08 Å². The molecule has 0 aromatic heterocycles. The second-order valence-corrected chi connectivity index (χ2v) is 0.705. The maximum Gasteiger partial charge on any atom is 0.279 e. The zero-order valence-electron chi connectivity index (χ0n) is 3.09. The van der Waals surface area contributed by atoms with Gasteiger partial charge >= 0.3 is 0 Å². The number of hydrogen-bond acceptors (Lipinski definition) is 0. The molecule has 41 valence electrons. The monoisotopic (exact) mass is 113 g/mol. The van der Waals surface area contributed by atoms with Gasteiger partial charge in [-0.1, -0.05) is 0 Å². The van der Waals surface area contributed by atoms with E-state index in [0.29, 0.717) is 6.08 Å². The average Bonchev–Trinajstić information content (AvgIpc) is 1.27. The lowest BCUT2D eigenvalue weighted by atomic mass is 10.7. The van der Waals surface area contributed by atoms with Crippen LogP contribution in [-0.4, -0.2) is 6.43 Å². The van der Waals surface area contributed by atoms with Crippen molar-refractivity contribution in [3.8, 4) is 0 Å². The van der Waals surface area contributed by atoms with Gasteiger partial charge < -0.3 is 0 Å². The van der Waals surface area contributed by atoms with Gasteiger partial charge in [-0.2, -0.15) is 8.78 Å². The van der Waals surface area contributed by atoms with Gasteiger partial charge in [0.25, 0.3) is 12.5 Å². The van der Waals surface area contributed by atoms with Crippen LogP contribution in [0.2, 0.25) is 0 Å². The van der Waals surface area contributed by atoms with Gasteiger partial charge in [0.05, 0.1) is 6.08 Å². The van der Waals surface area contributed by atoms with E-state index in [1.807, 2.05) is 0 Å². The first kappa shape index (κ1) is 6.46. The minimum absolute atomic E-state index is 0.556. The first-order valence-electron chi connectivity index (χ1n) is 1.35. The Balaban J connectivity index is 3.45. The highest BCUT2D eigenvalue weighted by atomic mass is 19.3. The number of alkyl halides is 2. The van der Waals surface area contributed by atoms with Crippen molar-refractivity contribution in [1.82, 2.24) is 0 Å². The third-order valence-corrected chi connectivity index (χ3v) is 0.218. The van der Waals surface area contributed by atoms with Crippen molar-refractivity contribution >= 4 is 0 Å². The molecule has 0 aliphatic heterocycles. The molecule has 0 bridgehead atoms. The van der Waals surface area contributed by atoms with Gasteiger partial charge in [0, 0.05) is 0 Å². The van der Waals surface area contributed by atoms with Crippen LogP contribution in [-0.2, 0) is 0 Å². The highest BCUT2D eigenvalue weighted by Crippen LogP contribution is 2.01. The first-order valence-corrected chi connectivity index (χ1v) is 1.35. The molecule has 0 saturated carbocycles. The van der Waals surface area contributed by atoms with E-state index >= 15 is 0 Å². The Morgan fingerprint density at radius 1 is 1.29 bits per heavy atom. The molecule has 0 amide bonds. The van der Waals surface area contributed by atoms with Gasteiger partial charge in [0.15, 0.2) is 0 Å². The summed E-state index contributed by atoms with van der Waals surface area (Å²) in [6.07, 6.45) is -5.07. The van der Waals surface area contributed by atoms with Crippen LogP contribution in [0.3, 0.4) is 0 Å². The van der Waals surface area contributed by atoms with E-state index in [2.05, 4.69) is 0 Å². The fourth-order valence-corrected chi connectivity index (χ4v) is 0.0825. The summed E-state index contributed by atoms with van der Waals surface area (Å²) >= 11 is 0. The Labute approximate surface area is 37.4 Å². The van der Waals surface area contributed by atoms with E-state index < -0.39 is 12.5 Å². The quantitative estimate of drug-likeness (QED) is 0.455. The topological polar surface area (TPSA) is 0 Å². The van der Waals surface area contributed by atoms with Crippen molar-refractivity contribution in [2.45, 2.75) is 6.43 Å². The van der Waals surface area contributed by atoms with Crippen molar-refractivity contribution < 1.29 is 17.6 Å². The van der Waals surface area contributed by atoms with Crippen LogP contribution < -0.4 is 0 Å². The summed E-state index contributed by atoms with van der Waals surface area (Å²) in [5, 5.41) is 0. The maximum absolute atomic E-state index is 10.7. The van der Waals surface area contributed by atoms with E-state index in [0.717, 1.165) is 0 Å². The lowest BCUT2D eigenvalue weighted by Gasteiger charge is -1.78. The minimum Gasteiger partial charge on any atom is -0.205 e. The van der Waals surface area contributed by atoms with Gasteiger partial charge in [-0.05, 0) is 0 Å². The molecule has 0 aliphatic carbocycles. The number of hydrogen-bond donors (Lipinski definition) is 0. The minimum atomic E-state index is -3.16. The molecule has 0 N–H and O–H groups in total. The highest BCUT2D eigenvalue weighted by molar-refractivity contribution is 4.72. The molecular formula is C3HF4. The lowest BCUT2D eigenvalue weighted by molar-refractivity contribution is 0.186. The number of rotatable bonds is 1. The standard InChI is InChI=1S/C3HF4/c4-2(5)1-3(6)7/h2H. The van der Waals surface area contributed by atoms with Gasteiger partial charge in [0.2, 0.25) is 0 Å². The average molecular weight is 113 g/mol. The predicted octanol–water partition coefficient (Wildman–Crippen LogP) is 1.84. The first-order chi connectivity index (χ1) is 3.13. The molecular weight excluding hydrogens is 112 g/mol. The van der Waals surface area contributed by atoms with E-state index in [-0.39, 0.29) is 0 Å². The summed E-state index contributed by atoms with van der Waals surface area (Å²) in [5.41, 5.74) is 0. The van der Waals surface area contributed by atoms with Gasteiger partial charge in [0.1, 0.15) is 0 Å². The molecule has 0 nitrogen and oxygen atoms in total. The molecule has 4 heteroatoms. The summed E-state index contributed by atoms with van der Waals surface area (Å²) < 4.78 is 42.6. The van der Waals surface area contributed by atoms with Crippen LogP contribution in [0.25, 0.3) is 0 Å². The summed E-state index contributed by atoms with van der Waals surface area (Å²) in [5.74, 6) is 0. The fourth-order valence-electron chi connectivity index (χ4n) is 0.0825. The van der Waals surface area contributed by atoms with Crippen LogP contribution in [0.5, 0.6) is 0 Å². The van der Waals surface area contributed by atoms with Gasteiger partial charge in [-0.25, -0.2) is 8.78 Å². The van der Waals surface area contributed by atoms with Crippen molar-refractivity contribution in [2.75, 3.05) is 0 Å². The number of halogens is 4. The maximum atomic E-state index is 10.7. The Bertz CT molecular complexity index is 71.0. The normalized spacial score (nSPS) is 9.29. The van der Waals surface area contributed by atoms with Crippen molar-refractivity contribution in [3.63, 3.8) is 0 Å². The third-order valence-electron chi connectivity index (χ3n) is 0.218. The fraction of sp³-hybridized carbons (Fsp3) is 0.333. The Kier molecular flexibility index (Phi) is 2.40. The summed E-state index contributed by atoms with van der Waals surface area (Å²) in [6.45, 7) is 0. The Morgan fingerprint density at radius 2 is 1.71 bits per heavy atom. The second kappa shape index (κ2) is 2.60. The molecule has 0 aliphatic rings. The predicted molar refractivity (Wildman–Crippen MR) is 15.0 cm³/mol. The summed E-state index contributed by atoms with van der Waals surface area (Å²) in [4.78, 5) is 0. The van der Waals surface area contributed by atoms with Crippen LogP contribution in [0.4, 0.5) is 17.6 Å². The molecule has 0 heterocycles. The summed E-state index contributed by atoms with van der Waals surface area (Å²) in [7, 11) is 0. The van der Waals surface area contributed by atoms with Crippen molar-refractivity contribution in [2.24, 2.45) is 0 Å². The molecule has 0 atom stereocenters. The molecule has 0 rings (SSSR count). The largest absolute Gasteiger partial charge is 0.279 e. The number of allylic oxidation sites excluding steroid dienone is 1. The molecule has 0 aromatic rings. The van der Waals surface area contributed by atoms with E-state index in [1.165, 1.54) is 0 Å². The van der Waals surface area contributed by atoms with Crippen LogP contribution in [0.1, 0.15) is 0 Å². The molecule has 0 fully saturated rings. The van der Waals surface area contributed by atoms with Crippen molar-refractivity contribution in [1.29, 1.82) is 0 Å². The molecule has 0 unspecified atom stereocenters. The highest BCUT2D eigenvalue weighted by Gasteiger charge is 1.99. The zero-order chi connectivity index (χ0) is 5.86. The SMILES string of the molecule is FC(F)=[C]C(F)F. The zero-order valence-corrected chi connectivity index (χ0v) is 3.09. The smallest absolute Gasteiger partial charge is 0.205 e. The van der Waals surface area contributed by atoms with E-state index in [1.54, 1.807) is 0 Å². The van der Waals surface area contributed by atoms with E-state index in [9.17, 15) is 17.6 Å². The molecule has 0 aromatic carbocycles. The molecule has 7 heavy (non-hydrogen) atoms. The van der Waals surface area contributed by atoms with E-state index in [4.69, 9.17) is 0 Å². The van der Waals surface area contributed by atoms with Crippen molar-refractivity contribution in [3.05, 3.63) is 12.2 Å². The third kappa shape index (κ3) is 5.46. The molecule has 0 spiro atoms. The summed E-state index contributed by atoms with van der Waals surface area (Å²) in [6, 6.07) is 0. The van der Waals surface area contributed by atoms with Gasteiger partial charge in [-0.15, -0.1) is 0 Å². The second-order valence-electron chi connectivity index (χ2n) is 0.705. The Morgan fingerprint density at radius 3 is 1.71 bits per heavy atom.